The third-order valence-electron chi connectivity index (χ3n) is 4.99. The fourth-order valence-electron chi connectivity index (χ4n) is 3.21. The van der Waals surface area contributed by atoms with Gasteiger partial charge in [0.25, 0.3) is 0 Å². The van der Waals surface area contributed by atoms with E-state index in [1.54, 1.807) is 6.20 Å². The molecule has 3 N–H and O–H groups in total. The Balaban J connectivity index is 1.68. The maximum atomic E-state index is 13.2. The van der Waals surface area contributed by atoms with Crippen molar-refractivity contribution in [1.29, 1.82) is 0 Å². The molecule has 4 rings (SSSR count). The number of alkyl halides is 3. The Morgan fingerprint density at radius 3 is 2.67 bits per heavy atom. The number of nitrogens with one attached hydrogen (secondary N) is 1. The fraction of sp³-hybridized carbons (Fsp3) is 0.350. The van der Waals surface area contributed by atoms with Crippen LogP contribution in [0.4, 0.5) is 24.8 Å². The summed E-state index contributed by atoms with van der Waals surface area (Å²) in [6, 6.07) is 6.77. The predicted molar refractivity (Wildman–Crippen MR) is 107 cm³/mol. The molecule has 0 saturated carbocycles. The van der Waals surface area contributed by atoms with Crippen LogP contribution < -0.4 is 15.6 Å². The van der Waals surface area contributed by atoms with Crippen molar-refractivity contribution in [2.45, 2.75) is 25.1 Å². The topological polar surface area (TPSA) is 76.9 Å². The summed E-state index contributed by atoms with van der Waals surface area (Å²) in [5.41, 5.74) is 7.56. The van der Waals surface area contributed by atoms with E-state index in [1.807, 2.05) is 25.1 Å². The summed E-state index contributed by atoms with van der Waals surface area (Å²) in [5.74, 6) is 0.0987. The van der Waals surface area contributed by atoms with Crippen LogP contribution in [-0.4, -0.2) is 23.2 Å². The number of anilines is 2. The van der Waals surface area contributed by atoms with Crippen LogP contribution in [-0.2, 0) is 29.9 Å². The number of ether oxygens (including phenoxy) is 1. The smallest absolute Gasteiger partial charge is 0.377 e. The van der Waals surface area contributed by atoms with Crippen molar-refractivity contribution in [3.05, 3.63) is 52.9 Å². The highest BCUT2D eigenvalue weighted by atomic mass is 32.1. The maximum absolute atomic E-state index is 13.2. The molecule has 0 amide bonds. The lowest BCUT2D eigenvalue weighted by molar-refractivity contribution is -0.679. The Morgan fingerprint density at radius 1 is 1.27 bits per heavy atom. The highest BCUT2D eigenvalue weighted by Crippen LogP contribution is 2.36. The van der Waals surface area contributed by atoms with Gasteiger partial charge >= 0.3 is 12.1 Å². The lowest BCUT2D eigenvalue weighted by Gasteiger charge is -2.35. The van der Waals surface area contributed by atoms with Gasteiger partial charge in [0.1, 0.15) is 22.4 Å². The van der Waals surface area contributed by atoms with E-state index < -0.39 is 17.4 Å². The number of benzene rings is 1. The summed E-state index contributed by atoms with van der Waals surface area (Å²) in [4.78, 5) is 9.46. The molecule has 0 radical (unpaired) electrons. The van der Waals surface area contributed by atoms with Gasteiger partial charge in [-0.3, -0.25) is 0 Å². The molecule has 1 aliphatic heterocycles. The highest BCUT2D eigenvalue weighted by Gasteiger charge is 2.39. The van der Waals surface area contributed by atoms with E-state index in [9.17, 15) is 13.2 Å². The molecule has 6 nitrogen and oxygen atoms in total. The monoisotopic (exact) mass is 436 g/mol. The second-order valence-corrected chi connectivity index (χ2v) is 8.32. The van der Waals surface area contributed by atoms with Gasteiger partial charge in [-0.2, -0.15) is 13.2 Å². The van der Waals surface area contributed by atoms with Gasteiger partial charge < -0.3 is 10.5 Å². The second-order valence-electron chi connectivity index (χ2n) is 7.29. The number of hydrogen-bond acceptors (Lipinski definition) is 6. The first-order chi connectivity index (χ1) is 14.2. The Hall–Kier alpha value is -2.56. The van der Waals surface area contributed by atoms with Crippen LogP contribution >= 0.6 is 11.3 Å². The van der Waals surface area contributed by atoms with E-state index in [0.29, 0.717) is 18.9 Å². The van der Waals surface area contributed by atoms with Crippen LogP contribution in [0.2, 0.25) is 0 Å². The Morgan fingerprint density at radius 2 is 2.03 bits per heavy atom. The van der Waals surface area contributed by atoms with Crippen molar-refractivity contribution in [2.24, 2.45) is 12.8 Å². The summed E-state index contributed by atoms with van der Waals surface area (Å²) in [7, 11) is 1.33. The minimum absolute atomic E-state index is 0.0987. The SMILES string of the molecule is CCc1cc(Nc2nccc(C(F)(F)F)[n+]2C)cc(-c2cnc(C3(N)COC3)s2)c1. The lowest BCUT2D eigenvalue weighted by atomic mass is 10.0. The van der Waals surface area contributed by atoms with Crippen LogP contribution in [0.3, 0.4) is 0 Å². The van der Waals surface area contributed by atoms with Gasteiger partial charge in [0.15, 0.2) is 5.69 Å². The standard InChI is InChI=1S/C20H20F3N5OS/c1-3-12-6-13(15-9-26-17(30-15)19(24)10-29-11-19)8-14(7-12)27-18-25-5-4-16(28(18)2)20(21,22)23/h4-9H,3,10-11,24H2,1-2H3/p+1. The molecule has 158 valence electrons. The van der Waals surface area contributed by atoms with E-state index in [-0.39, 0.29) is 5.95 Å². The van der Waals surface area contributed by atoms with Crippen molar-refractivity contribution in [2.75, 3.05) is 18.5 Å². The van der Waals surface area contributed by atoms with Gasteiger partial charge in [-0.15, -0.1) is 11.3 Å². The van der Waals surface area contributed by atoms with Crippen molar-refractivity contribution in [1.82, 2.24) is 9.97 Å². The zero-order valence-electron chi connectivity index (χ0n) is 16.5. The van der Waals surface area contributed by atoms with E-state index >= 15 is 0 Å². The third kappa shape index (κ3) is 3.90. The number of nitrogens with zero attached hydrogens (tertiary/aromatic N) is 3. The average Bonchev–Trinajstić information content (AvgIpc) is 3.17. The third-order valence-corrected chi connectivity index (χ3v) is 6.26. The van der Waals surface area contributed by atoms with Crippen LogP contribution in [0, 0.1) is 0 Å². The van der Waals surface area contributed by atoms with E-state index in [2.05, 4.69) is 15.3 Å². The fourth-order valence-corrected chi connectivity index (χ4v) is 4.19. The van der Waals surface area contributed by atoms with Gasteiger partial charge in [0.05, 0.1) is 25.1 Å². The highest BCUT2D eigenvalue weighted by molar-refractivity contribution is 7.15. The summed E-state index contributed by atoms with van der Waals surface area (Å²) in [6.07, 6.45) is -0.779. The summed E-state index contributed by atoms with van der Waals surface area (Å²) < 4.78 is 45.8. The van der Waals surface area contributed by atoms with Crippen LogP contribution in [0.5, 0.6) is 0 Å². The number of aromatic nitrogens is 3. The summed E-state index contributed by atoms with van der Waals surface area (Å²) >= 11 is 1.50. The van der Waals surface area contributed by atoms with Gasteiger partial charge in [-0.1, -0.05) is 18.0 Å². The second kappa shape index (κ2) is 7.60. The molecule has 2 aromatic heterocycles. The molecule has 1 fully saturated rings. The van der Waals surface area contributed by atoms with Gasteiger partial charge in [0, 0.05) is 12.3 Å². The molecule has 0 atom stereocenters. The first kappa shape index (κ1) is 20.7. The maximum Gasteiger partial charge on any atom is 0.446 e. The summed E-state index contributed by atoms with van der Waals surface area (Å²) in [6.45, 7) is 2.91. The molecule has 30 heavy (non-hydrogen) atoms. The van der Waals surface area contributed by atoms with E-state index in [1.165, 1.54) is 18.4 Å². The Bertz CT molecular complexity index is 1080. The number of nitrogens with two attached hydrogens (primary N) is 1. The zero-order chi connectivity index (χ0) is 21.5. The minimum atomic E-state index is -4.47. The van der Waals surface area contributed by atoms with Crippen molar-refractivity contribution in [3.8, 4) is 10.4 Å². The molecule has 1 saturated heterocycles. The quantitative estimate of drug-likeness (QED) is 0.599. The van der Waals surface area contributed by atoms with Crippen molar-refractivity contribution in [3.63, 3.8) is 0 Å². The molecule has 10 heteroatoms. The van der Waals surface area contributed by atoms with Crippen LogP contribution in [0.25, 0.3) is 10.4 Å². The molecule has 0 unspecified atom stereocenters. The molecule has 3 aromatic rings. The predicted octanol–water partition coefficient (Wildman–Crippen LogP) is 3.54. The lowest BCUT2D eigenvalue weighted by Crippen LogP contribution is -2.54. The zero-order valence-corrected chi connectivity index (χ0v) is 17.3. The van der Waals surface area contributed by atoms with Crippen molar-refractivity contribution < 1.29 is 22.5 Å². The minimum Gasteiger partial charge on any atom is -0.377 e. The Kier molecular flexibility index (Phi) is 5.25. The molecule has 1 aliphatic rings. The first-order valence-corrected chi connectivity index (χ1v) is 10.2. The number of rotatable bonds is 5. The number of halogens is 3. The molecule has 0 aliphatic carbocycles. The number of aryl methyl sites for hydroxylation is 1. The van der Waals surface area contributed by atoms with Gasteiger partial charge in [-0.05, 0) is 29.7 Å². The van der Waals surface area contributed by atoms with Gasteiger partial charge in [0.2, 0.25) is 0 Å². The largest absolute Gasteiger partial charge is 0.446 e. The normalized spacial score (nSPS) is 15.7. The molecule has 0 bridgehead atoms. The molecule has 3 heterocycles. The first-order valence-electron chi connectivity index (χ1n) is 9.36. The van der Waals surface area contributed by atoms with Crippen molar-refractivity contribution >= 4 is 23.0 Å². The van der Waals surface area contributed by atoms with Crippen LogP contribution in [0.15, 0.2) is 36.7 Å². The van der Waals surface area contributed by atoms with E-state index in [4.69, 9.17) is 10.5 Å². The molecular formula is C20H21F3N5OS+. The average molecular weight is 436 g/mol. The van der Waals surface area contributed by atoms with E-state index in [0.717, 1.165) is 44.3 Å². The molecular weight excluding hydrogens is 415 g/mol. The molecule has 0 spiro atoms. The van der Waals surface area contributed by atoms with Gasteiger partial charge in [-0.25, -0.2) is 14.9 Å². The Labute approximate surface area is 175 Å². The number of thiazole rings is 1. The van der Waals surface area contributed by atoms with Crippen LogP contribution in [0.1, 0.15) is 23.2 Å². The number of hydrogen-bond donors (Lipinski definition) is 2. The summed E-state index contributed by atoms with van der Waals surface area (Å²) in [5, 5.41) is 3.83. The molecule has 1 aromatic carbocycles.